The van der Waals surface area contributed by atoms with E-state index in [4.69, 9.17) is 9.47 Å². The van der Waals surface area contributed by atoms with Crippen molar-refractivity contribution in [1.29, 1.82) is 0 Å². The Morgan fingerprint density at radius 2 is 1.76 bits per heavy atom. The van der Waals surface area contributed by atoms with E-state index >= 15 is 0 Å². The van der Waals surface area contributed by atoms with Gasteiger partial charge < -0.3 is 24.8 Å². The van der Waals surface area contributed by atoms with Crippen LogP contribution < -0.4 is 0 Å². The molecule has 1 spiro atoms. The summed E-state index contributed by atoms with van der Waals surface area (Å²) in [6, 6.07) is 0. The van der Waals surface area contributed by atoms with Crippen LogP contribution in [0.1, 0.15) is 79.6 Å². The second-order valence-corrected chi connectivity index (χ2v) is 14.0. The van der Waals surface area contributed by atoms with E-state index in [0.29, 0.717) is 0 Å². The first-order valence-electron chi connectivity index (χ1n) is 13.4. The molecule has 6 fully saturated rings. The second kappa shape index (κ2) is 5.95. The predicted octanol–water partition coefficient (Wildman–Crippen LogP) is 3.12. The SMILES string of the molecule is CC1=CCC23CCC4(C)C(CCC5C6(C)C(O)CC(O)C(C)(O)C6C6OC6C54C)(OC2=O)C3C1. The van der Waals surface area contributed by atoms with Crippen LogP contribution >= 0.6 is 0 Å². The molecule has 7 rings (SSSR count). The standard InChI is InChI=1S/C28H40O6/c1-14-6-8-27-11-10-23(2)25(4)15(7-9-28(23,16(27)12-14)34-22(27)31)24(3)17(29)13-18(30)26(5,32)20(24)19-21(25)33-19/h6,15-21,29-30,32H,7-13H2,1-5H3. The zero-order chi connectivity index (χ0) is 24.3. The number of ether oxygens (including phenoxy) is 2. The van der Waals surface area contributed by atoms with Gasteiger partial charge in [0.25, 0.3) is 0 Å². The van der Waals surface area contributed by atoms with E-state index in [2.05, 4.69) is 33.8 Å². The van der Waals surface area contributed by atoms with Gasteiger partial charge in [0, 0.05) is 34.5 Å². The molecule has 0 amide bonds. The minimum atomic E-state index is -1.31. The Balaban J connectivity index is 1.39. The molecule has 0 aromatic carbocycles. The van der Waals surface area contributed by atoms with Gasteiger partial charge in [0.1, 0.15) is 5.60 Å². The molecule has 7 aliphatic rings. The summed E-state index contributed by atoms with van der Waals surface area (Å²) in [4.78, 5) is 13.5. The third kappa shape index (κ3) is 1.98. The summed E-state index contributed by atoms with van der Waals surface area (Å²) in [5.41, 5.74) is -2.01. The number of rotatable bonds is 0. The van der Waals surface area contributed by atoms with Crippen molar-refractivity contribution in [2.24, 2.45) is 39.4 Å². The van der Waals surface area contributed by atoms with Crippen molar-refractivity contribution in [1.82, 2.24) is 0 Å². The van der Waals surface area contributed by atoms with Crippen molar-refractivity contribution in [3.8, 4) is 0 Å². The zero-order valence-electron chi connectivity index (χ0n) is 21.1. The topological polar surface area (TPSA) is 99.5 Å². The largest absolute Gasteiger partial charge is 0.458 e. The third-order valence-electron chi connectivity index (χ3n) is 13.3. The van der Waals surface area contributed by atoms with Crippen LogP contribution in [0.15, 0.2) is 11.6 Å². The number of fused-ring (bicyclic) bond motifs is 7. The fourth-order valence-corrected chi connectivity index (χ4v) is 11.3. The van der Waals surface area contributed by atoms with E-state index in [1.807, 2.05) is 0 Å². The molecule has 13 atom stereocenters. The van der Waals surface area contributed by atoms with Crippen molar-refractivity contribution in [2.75, 3.05) is 0 Å². The van der Waals surface area contributed by atoms with Crippen LogP contribution in [0.5, 0.6) is 0 Å². The maximum Gasteiger partial charge on any atom is 0.313 e. The molecule has 0 radical (unpaired) electrons. The van der Waals surface area contributed by atoms with E-state index in [1.165, 1.54) is 5.57 Å². The molecule has 34 heavy (non-hydrogen) atoms. The Labute approximate surface area is 202 Å². The summed E-state index contributed by atoms with van der Waals surface area (Å²) in [7, 11) is 0. The number of allylic oxidation sites excluding steroid dienone is 2. The summed E-state index contributed by atoms with van der Waals surface area (Å²) in [6.45, 7) is 10.7. The average Bonchev–Trinajstić information content (AvgIpc) is 3.52. The van der Waals surface area contributed by atoms with E-state index < -0.39 is 28.8 Å². The van der Waals surface area contributed by atoms with Crippen molar-refractivity contribution in [3.05, 3.63) is 11.6 Å². The maximum atomic E-state index is 13.5. The molecule has 2 bridgehead atoms. The first-order chi connectivity index (χ1) is 15.8. The highest BCUT2D eigenvalue weighted by atomic mass is 16.6. The smallest absolute Gasteiger partial charge is 0.313 e. The summed E-state index contributed by atoms with van der Waals surface area (Å²) in [5.74, 6) is -0.0274. The monoisotopic (exact) mass is 472 g/mol. The second-order valence-electron chi connectivity index (χ2n) is 14.0. The number of esters is 1. The highest BCUT2D eigenvalue weighted by molar-refractivity contribution is 5.82. The summed E-state index contributed by atoms with van der Waals surface area (Å²) in [5, 5.41) is 33.7. The Morgan fingerprint density at radius 1 is 1.03 bits per heavy atom. The molecule has 6 heteroatoms. The fourth-order valence-electron chi connectivity index (χ4n) is 11.3. The molecule has 2 heterocycles. The summed E-state index contributed by atoms with van der Waals surface area (Å²) < 4.78 is 13.1. The van der Waals surface area contributed by atoms with Gasteiger partial charge in [0.2, 0.25) is 0 Å². The minimum Gasteiger partial charge on any atom is -0.458 e. The summed E-state index contributed by atoms with van der Waals surface area (Å²) >= 11 is 0. The first-order valence-corrected chi connectivity index (χ1v) is 13.4. The molecule has 2 saturated heterocycles. The summed E-state index contributed by atoms with van der Waals surface area (Å²) in [6.07, 6.45) is 5.59. The van der Waals surface area contributed by atoms with E-state index in [1.54, 1.807) is 6.92 Å². The molecule has 4 saturated carbocycles. The lowest BCUT2D eigenvalue weighted by molar-refractivity contribution is -0.300. The predicted molar refractivity (Wildman–Crippen MR) is 123 cm³/mol. The fraction of sp³-hybridized carbons (Fsp3) is 0.893. The van der Waals surface area contributed by atoms with Crippen LogP contribution in [0.3, 0.4) is 0 Å². The maximum absolute atomic E-state index is 13.5. The average molecular weight is 473 g/mol. The number of carbonyl (C=O) groups is 1. The van der Waals surface area contributed by atoms with Gasteiger partial charge in [-0.3, -0.25) is 4.79 Å². The Bertz CT molecular complexity index is 1020. The number of aliphatic hydroxyl groups is 3. The van der Waals surface area contributed by atoms with Gasteiger partial charge in [-0.15, -0.1) is 0 Å². The Kier molecular flexibility index (Phi) is 3.90. The Morgan fingerprint density at radius 3 is 2.50 bits per heavy atom. The lowest BCUT2D eigenvalue weighted by Crippen LogP contribution is -2.76. The molecule has 0 aromatic heterocycles. The molecule has 13 unspecified atom stereocenters. The highest BCUT2D eigenvalue weighted by Gasteiger charge is 2.86. The van der Waals surface area contributed by atoms with Gasteiger partial charge in [0.05, 0.1) is 35.4 Å². The lowest BCUT2D eigenvalue weighted by atomic mass is 9.31. The van der Waals surface area contributed by atoms with Crippen molar-refractivity contribution in [3.63, 3.8) is 0 Å². The normalized spacial score (nSPS) is 65.6. The van der Waals surface area contributed by atoms with Gasteiger partial charge in [-0.05, 0) is 58.3 Å². The Hall–Kier alpha value is -0.950. The van der Waals surface area contributed by atoms with E-state index in [9.17, 15) is 20.1 Å². The quantitative estimate of drug-likeness (QED) is 0.285. The van der Waals surface area contributed by atoms with Crippen molar-refractivity contribution < 1.29 is 29.6 Å². The van der Waals surface area contributed by atoms with Gasteiger partial charge >= 0.3 is 5.97 Å². The number of hydrogen-bond donors (Lipinski definition) is 3. The van der Waals surface area contributed by atoms with Crippen LogP contribution in [0.4, 0.5) is 0 Å². The molecule has 5 aliphatic carbocycles. The highest BCUT2D eigenvalue weighted by Crippen LogP contribution is 2.82. The van der Waals surface area contributed by atoms with E-state index in [-0.39, 0.29) is 58.6 Å². The molecule has 2 aliphatic heterocycles. The van der Waals surface area contributed by atoms with Crippen LogP contribution in [-0.4, -0.2) is 56.9 Å². The van der Waals surface area contributed by atoms with Crippen LogP contribution in [0.25, 0.3) is 0 Å². The van der Waals surface area contributed by atoms with Gasteiger partial charge in [0.15, 0.2) is 0 Å². The lowest BCUT2D eigenvalue weighted by Gasteiger charge is -2.72. The number of carbonyl (C=O) groups excluding carboxylic acids is 1. The molecular formula is C28H40O6. The third-order valence-corrected chi connectivity index (χ3v) is 13.3. The van der Waals surface area contributed by atoms with Crippen molar-refractivity contribution >= 4 is 5.97 Å². The van der Waals surface area contributed by atoms with Gasteiger partial charge in [-0.2, -0.15) is 0 Å². The number of aliphatic hydroxyl groups excluding tert-OH is 2. The molecular weight excluding hydrogens is 432 g/mol. The van der Waals surface area contributed by atoms with E-state index in [0.717, 1.165) is 38.5 Å². The molecule has 3 N–H and O–H groups in total. The van der Waals surface area contributed by atoms with Crippen LogP contribution in [-0.2, 0) is 14.3 Å². The number of epoxide rings is 1. The van der Waals surface area contributed by atoms with Crippen LogP contribution in [0, 0.1) is 39.4 Å². The van der Waals surface area contributed by atoms with Gasteiger partial charge in [-0.1, -0.05) is 32.4 Å². The first kappa shape index (κ1) is 22.3. The zero-order valence-corrected chi connectivity index (χ0v) is 21.1. The minimum absolute atomic E-state index is 0.00365. The molecule has 188 valence electrons. The van der Waals surface area contributed by atoms with Crippen molar-refractivity contribution in [2.45, 2.75) is 115 Å². The van der Waals surface area contributed by atoms with Gasteiger partial charge in [-0.25, -0.2) is 0 Å². The number of hydrogen-bond acceptors (Lipinski definition) is 6. The molecule has 6 nitrogen and oxygen atoms in total. The van der Waals surface area contributed by atoms with Crippen LogP contribution in [0.2, 0.25) is 0 Å². The molecule has 0 aromatic rings.